The van der Waals surface area contributed by atoms with Crippen LogP contribution in [0.4, 0.5) is 0 Å². The van der Waals surface area contributed by atoms with Crippen molar-refractivity contribution in [3.63, 3.8) is 0 Å². The lowest BCUT2D eigenvalue weighted by Crippen LogP contribution is -2.53. The first kappa shape index (κ1) is 16.2. The van der Waals surface area contributed by atoms with Gasteiger partial charge in [-0.25, -0.2) is 8.42 Å². The summed E-state index contributed by atoms with van der Waals surface area (Å²) in [7, 11) is -3.18. The number of hydrogen-bond donors (Lipinski definition) is 0. The number of likely N-dealkylation sites (tertiary alicyclic amines) is 1. The van der Waals surface area contributed by atoms with Crippen molar-refractivity contribution in [2.45, 2.75) is 19.8 Å². The van der Waals surface area contributed by atoms with Gasteiger partial charge in [-0.15, -0.1) is 0 Å². The predicted octanol–water partition coefficient (Wildman–Crippen LogP) is -0.651. The summed E-state index contributed by atoms with van der Waals surface area (Å²) in [5, 5.41) is 0. The molecule has 2 fully saturated rings. The molecule has 7 nitrogen and oxygen atoms in total. The van der Waals surface area contributed by atoms with E-state index >= 15 is 0 Å². The molecule has 0 bridgehead atoms. The number of sulfonamides is 1. The molecule has 0 spiro atoms. The van der Waals surface area contributed by atoms with E-state index in [9.17, 15) is 18.0 Å². The molecule has 2 saturated heterocycles. The van der Waals surface area contributed by atoms with Crippen LogP contribution < -0.4 is 0 Å². The number of nitrogens with zero attached hydrogens (tertiary/aromatic N) is 3. The molecular formula is C13H23N3O4S. The molecule has 0 aromatic rings. The molecule has 0 N–H and O–H groups in total. The lowest BCUT2D eigenvalue weighted by Gasteiger charge is -2.38. The summed E-state index contributed by atoms with van der Waals surface area (Å²) in [6.07, 6.45) is 2.84. The van der Waals surface area contributed by atoms with Crippen molar-refractivity contribution >= 4 is 21.8 Å². The molecule has 0 radical (unpaired) electrons. The molecule has 0 unspecified atom stereocenters. The standard InChI is InChI=1S/C13H23N3O4S/c1-11(17)15-5-3-4-12(10-15)13(18)14-6-8-16(9-7-14)21(2,19)20/h12H,3-10H2,1-2H3/t12-/m1/s1. The van der Waals surface area contributed by atoms with Gasteiger partial charge in [0.05, 0.1) is 12.2 Å². The van der Waals surface area contributed by atoms with Gasteiger partial charge in [0.1, 0.15) is 0 Å². The monoisotopic (exact) mass is 317 g/mol. The van der Waals surface area contributed by atoms with Crippen molar-refractivity contribution in [3.05, 3.63) is 0 Å². The number of hydrogen-bond acceptors (Lipinski definition) is 4. The van der Waals surface area contributed by atoms with Crippen LogP contribution in [0.2, 0.25) is 0 Å². The minimum absolute atomic E-state index is 0.00870. The van der Waals surface area contributed by atoms with E-state index in [0.29, 0.717) is 32.7 Å². The van der Waals surface area contributed by atoms with E-state index in [0.717, 1.165) is 19.4 Å². The summed E-state index contributed by atoms with van der Waals surface area (Å²) in [5.41, 5.74) is 0. The second-order valence-electron chi connectivity index (χ2n) is 5.79. The zero-order valence-corrected chi connectivity index (χ0v) is 13.4. The van der Waals surface area contributed by atoms with Crippen molar-refractivity contribution < 1.29 is 18.0 Å². The lowest BCUT2D eigenvalue weighted by atomic mass is 9.96. The lowest BCUT2D eigenvalue weighted by molar-refractivity contribution is -0.141. The summed E-state index contributed by atoms with van der Waals surface area (Å²) in [5.74, 6) is -0.0871. The zero-order valence-electron chi connectivity index (χ0n) is 12.6. The Morgan fingerprint density at radius 3 is 2.14 bits per heavy atom. The van der Waals surface area contributed by atoms with Gasteiger partial charge in [-0.2, -0.15) is 4.31 Å². The van der Waals surface area contributed by atoms with Gasteiger partial charge in [-0.1, -0.05) is 0 Å². The van der Waals surface area contributed by atoms with Gasteiger partial charge in [0, 0.05) is 46.2 Å². The highest BCUT2D eigenvalue weighted by atomic mass is 32.2. The number of carbonyl (C=O) groups is 2. The third-order valence-electron chi connectivity index (χ3n) is 4.24. The molecule has 8 heteroatoms. The van der Waals surface area contributed by atoms with Gasteiger partial charge >= 0.3 is 0 Å². The molecule has 2 heterocycles. The number of amides is 2. The van der Waals surface area contributed by atoms with E-state index in [4.69, 9.17) is 0 Å². The first-order valence-corrected chi connectivity index (χ1v) is 9.13. The van der Waals surface area contributed by atoms with Crippen molar-refractivity contribution in [2.75, 3.05) is 45.5 Å². The largest absolute Gasteiger partial charge is 0.342 e. The normalized spacial score (nSPS) is 25.0. The van der Waals surface area contributed by atoms with E-state index in [1.54, 1.807) is 9.80 Å². The first-order chi connectivity index (χ1) is 9.79. The van der Waals surface area contributed by atoms with Crippen LogP contribution in [-0.2, 0) is 19.6 Å². The quantitative estimate of drug-likeness (QED) is 0.678. The molecule has 2 aliphatic heterocycles. The maximum atomic E-state index is 12.5. The fourth-order valence-electron chi connectivity index (χ4n) is 2.96. The highest BCUT2D eigenvalue weighted by Crippen LogP contribution is 2.20. The summed E-state index contributed by atoms with van der Waals surface area (Å²) in [6, 6.07) is 0. The van der Waals surface area contributed by atoms with Crippen LogP contribution in [0.3, 0.4) is 0 Å². The zero-order chi connectivity index (χ0) is 15.6. The molecule has 2 aliphatic rings. The predicted molar refractivity (Wildman–Crippen MR) is 78.0 cm³/mol. The fourth-order valence-corrected chi connectivity index (χ4v) is 3.79. The maximum absolute atomic E-state index is 12.5. The maximum Gasteiger partial charge on any atom is 0.227 e. The van der Waals surface area contributed by atoms with Crippen LogP contribution in [0.15, 0.2) is 0 Å². The Bertz CT molecular complexity index is 512. The van der Waals surface area contributed by atoms with E-state index in [-0.39, 0.29) is 17.7 Å². The van der Waals surface area contributed by atoms with Gasteiger partial charge in [-0.3, -0.25) is 9.59 Å². The van der Waals surface area contributed by atoms with E-state index in [1.165, 1.54) is 17.5 Å². The van der Waals surface area contributed by atoms with Crippen molar-refractivity contribution in [3.8, 4) is 0 Å². The molecule has 2 rings (SSSR count). The van der Waals surface area contributed by atoms with Crippen LogP contribution in [0.1, 0.15) is 19.8 Å². The molecule has 0 aromatic heterocycles. The van der Waals surface area contributed by atoms with Crippen LogP contribution in [-0.4, -0.2) is 79.9 Å². The molecule has 0 aromatic carbocycles. The number of carbonyl (C=O) groups excluding carboxylic acids is 2. The average molecular weight is 317 g/mol. The van der Waals surface area contributed by atoms with Crippen molar-refractivity contribution in [1.82, 2.24) is 14.1 Å². The first-order valence-electron chi connectivity index (χ1n) is 7.28. The summed E-state index contributed by atoms with van der Waals surface area (Å²) < 4.78 is 24.3. The van der Waals surface area contributed by atoms with Crippen molar-refractivity contribution in [2.24, 2.45) is 5.92 Å². The minimum Gasteiger partial charge on any atom is -0.342 e. The van der Waals surface area contributed by atoms with E-state index in [1.807, 2.05) is 0 Å². The summed E-state index contributed by atoms with van der Waals surface area (Å²) in [4.78, 5) is 27.4. The topological polar surface area (TPSA) is 78.0 Å². The molecule has 21 heavy (non-hydrogen) atoms. The average Bonchev–Trinajstić information content (AvgIpc) is 2.46. The Balaban J connectivity index is 1.91. The smallest absolute Gasteiger partial charge is 0.227 e. The molecule has 2 amide bonds. The van der Waals surface area contributed by atoms with Crippen LogP contribution in [0.5, 0.6) is 0 Å². The van der Waals surface area contributed by atoms with Gasteiger partial charge in [0.2, 0.25) is 21.8 Å². The van der Waals surface area contributed by atoms with Gasteiger partial charge in [0.25, 0.3) is 0 Å². The number of piperazine rings is 1. The Kier molecular flexibility index (Phi) is 4.88. The van der Waals surface area contributed by atoms with Gasteiger partial charge in [-0.05, 0) is 12.8 Å². The Morgan fingerprint density at radius 2 is 1.62 bits per heavy atom. The van der Waals surface area contributed by atoms with E-state index in [2.05, 4.69) is 0 Å². The van der Waals surface area contributed by atoms with Crippen LogP contribution in [0.25, 0.3) is 0 Å². The second-order valence-corrected chi connectivity index (χ2v) is 7.77. The second kappa shape index (κ2) is 6.31. The fraction of sp³-hybridized carbons (Fsp3) is 0.846. The molecule has 120 valence electrons. The highest BCUT2D eigenvalue weighted by Gasteiger charge is 2.33. The Hall–Kier alpha value is -1.15. The Labute approximate surface area is 125 Å². The third-order valence-corrected chi connectivity index (χ3v) is 5.54. The van der Waals surface area contributed by atoms with E-state index < -0.39 is 10.0 Å². The Morgan fingerprint density at radius 1 is 1.00 bits per heavy atom. The van der Waals surface area contributed by atoms with Gasteiger partial charge < -0.3 is 9.80 Å². The third kappa shape index (κ3) is 3.94. The van der Waals surface area contributed by atoms with Crippen LogP contribution >= 0.6 is 0 Å². The SMILES string of the molecule is CC(=O)N1CCC[C@@H](C(=O)N2CCN(S(C)(=O)=O)CC2)C1. The summed E-state index contributed by atoms with van der Waals surface area (Å²) in [6.45, 7) is 4.31. The van der Waals surface area contributed by atoms with Gasteiger partial charge in [0.15, 0.2) is 0 Å². The molecular weight excluding hydrogens is 294 g/mol. The molecule has 0 aliphatic carbocycles. The van der Waals surface area contributed by atoms with Crippen LogP contribution in [0, 0.1) is 5.92 Å². The highest BCUT2D eigenvalue weighted by molar-refractivity contribution is 7.88. The minimum atomic E-state index is -3.18. The van der Waals surface area contributed by atoms with Crippen molar-refractivity contribution in [1.29, 1.82) is 0 Å². The molecule has 0 saturated carbocycles. The number of rotatable bonds is 2. The summed E-state index contributed by atoms with van der Waals surface area (Å²) >= 11 is 0. The molecule has 1 atom stereocenters. The number of piperidine rings is 1.